The van der Waals surface area contributed by atoms with Crippen LogP contribution in [-0.2, 0) is 20.4 Å². The van der Waals surface area contributed by atoms with Gasteiger partial charge in [-0.2, -0.15) is 30.6 Å². The number of hydrogen-bond acceptors (Lipinski definition) is 10. The van der Waals surface area contributed by atoms with Crippen LogP contribution in [0.3, 0.4) is 0 Å². The van der Waals surface area contributed by atoms with Crippen molar-refractivity contribution in [1.82, 2.24) is 24.2 Å². The average Bonchev–Trinajstić information content (AvgIpc) is 2.92. The van der Waals surface area contributed by atoms with Gasteiger partial charge in [0.25, 0.3) is 5.60 Å². The van der Waals surface area contributed by atoms with Crippen LogP contribution in [0.15, 0.2) is 35.6 Å². The largest absolute Gasteiger partial charge is 0.430 e. The number of nitrogens with zero attached hydrogens (tertiary/aromatic N) is 6. The number of morpholine rings is 1. The Hall–Kier alpha value is -2.35. The number of ether oxygens (including phenoxy) is 1. The first kappa shape index (κ1) is 32.1. The highest BCUT2D eigenvalue weighted by Crippen LogP contribution is 2.49. The van der Waals surface area contributed by atoms with Gasteiger partial charge in [0.05, 0.1) is 25.4 Å². The first-order valence-corrected chi connectivity index (χ1v) is 14.9. The summed E-state index contributed by atoms with van der Waals surface area (Å²) in [5.41, 5.74) is -6.80. The number of rotatable bonds is 6. The molecule has 3 aliphatic rings. The molecule has 2 aromatic rings. The van der Waals surface area contributed by atoms with Gasteiger partial charge in [-0.25, -0.2) is 23.4 Å². The second kappa shape index (κ2) is 11.5. The van der Waals surface area contributed by atoms with Gasteiger partial charge >= 0.3 is 12.4 Å². The number of fused-ring (bicyclic) bond motifs is 2. The topological polar surface area (TPSA) is 132 Å². The van der Waals surface area contributed by atoms with Gasteiger partial charge in [0.1, 0.15) is 10.0 Å². The summed E-state index contributed by atoms with van der Waals surface area (Å²) in [4.78, 5) is 14.8. The van der Waals surface area contributed by atoms with Crippen molar-refractivity contribution in [1.29, 1.82) is 0 Å². The van der Waals surface area contributed by atoms with Crippen LogP contribution in [0.5, 0.6) is 0 Å². The molecule has 0 aromatic carbocycles. The highest BCUT2D eigenvalue weighted by Gasteiger charge is 2.71. The van der Waals surface area contributed by atoms with Gasteiger partial charge in [-0.05, 0) is 25.0 Å². The van der Waals surface area contributed by atoms with Crippen LogP contribution < -0.4 is 4.90 Å². The molecule has 238 valence electrons. The summed E-state index contributed by atoms with van der Waals surface area (Å²) in [5.74, 6) is -0.246. The highest BCUT2D eigenvalue weighted by molar-refractivity contribution is 7.89. The minimum absolute atomic E-state index is 0.0601. The standard InChI is InChI=1S/C24H27ClF6N6O5S/c25-20-2-1-19(9-32-20)43(40,41)35-3-4-36(17(10-35)11-37-15-5-18(38)6-16(37)13-42-12-15)21-33-7-14(8-34-21)22(39,23(26,27)28)24(29,30)31/h1-2,7-9,15-18,38-39H,3-6,10-13H2/t15?,16?,17-,18?/m1/s1. The maximum Gasteiger partial charge on any atom is 0.430 e. The molecule has 43 heavy (non-hydrogen) atoms. The van der Waals surface area contributed by atoms with Crippen molar-refractivity contribution in [2.45, 2.75) is 59.9 Å². The number of aromatic nitrogens is 3. The molecular weight excluding hydrogens is 634 g/mol. The third-order valence-corrected chi connectivity index (χ3v) is 10.1. The molecule has 11 nitrogen and oxygen atoms in total. The van der Waals surface area contributed by atoms with Crippen LogP contribution >= 0.6 is 11.6 Å². The van der Waals surface area contributed by atoms with E-state index in [-0.39, 0.29) is 66.7 Å². The minimum Gasteiger partial charge on any atom is -0.393 e. The van der Waals surface area contributed by atoms with Crippen molar-refractivity contribution >= 4 is 27.6 Å². The molecule has 5 rings (SSSR count). The zero-order valence-electron chi connectivity index (χ0n) is 22.2. The van der Waals surface area contributed by atoms with E-state index in [1.165, 1.54) is 21.3 Å². The number of halogens is 7. The molecule has 0 aliphatic carbocycles. The number of sulfonamides is 1. The van der Waals surface area contributed by atoms with Gasteiger partial charge < -0.3 is 19.8 Å². The van der Waals surface area contributed by atoms with Crippen LogP contribution in [0.2, 0.25) is 5.15 Å². The maximum atomic E-state index is 13.4. The van der Waals surface area contributed by atoms with Crippen molar-refractivity contribution in [3.63, 3.8) is 0 Å². The summed E-state index contributed by atoms with van der Waals surface area (Å²) in [5, 5.41) is 20.1. The molecule has 3 fully saturated rings. The van der Waals surface area contributed by atoms with Gasteiger partial charge in [0.15, 0.2) is 0 Å². The van der Waals surface area contributed by atoms with Crippen LogP contribution in [-0.4, -0.2) is 119 Å². The molecule has 2 bridgehead atoms. The monoisotopic (exact) mass is 660 g/mol. The van der Waals surface area contributed by atoms with Crippen LogP contribution in [0.1, 0.15) is 18.4 Å². The smallest absolute Gasteiger partial charge is 0.393 e. The number of aliphatic hydroxyl groups excluding tert-OH is 1. The Bertz CT molecular complexity index is 1370. The van der Waals surface area contributed by atoms with Gasteiger partial charge in [-0.3, -0.25) is 4.90 Å². The molecule has 2 aromatic heterocycles. The summed E-state index contributed by atoms with van der Waals surface area (Å²) in [6, 6.07) is 1.50. The zero-order chi connectivity index (χ0) is 31.4. The van der Waals surface area contributed by atoms with E-state index in [9.17, 15) is 45.0 Å². The van der Waals surface area contributed by atoms with Crippen molar-refractivity contribution in [3.8, 4) is 0 Å². The lowest BCUT2D eigenvalue weighted by molar-refractivity contribution is -0.376. The Morgan fingerprint density at radius 1 is 0.953 bits per heavy atom. The molecular formula is C24H27ClF6N6O5S. The van der Waals surface area contributed by atoms with Gasteiger partial charge in [0, 0.05) is 62.4 Å². The number of piperazine rings is 1. The predicted molar refractivity (Wildman–Crippen MR) is 138 cm³/mol. The fourth-order valence-electron chi connectivity index (χ4n) is 5.78. The number of hydrogen-bond donors (Lipinski definition) is 2. The fraction of sp³-hybridized carbons (Fsp3) is 0.625. The van der Waals surface area contributed by atoms with E-state index >= 15 is 0 Å². The Kier molecular flexibility index (Phi) is 8.60. The van der Waals surface area contributed by atoms with Crippen molar-refractivity contribution in [3.05, 3.63) is 41.4 Å². The predicted octanol–water partition coefficient (Wildman–Crippen LogP) is 1.94. The molecule has 2 unspecified atom stereocenters. The number of piperidine rings is 1. The molecule has 3 saturated heterocycles. The van der Waals surface area contributed by atoms with Crippen molar-refractivity contribution < 1.29 is 49.7 Å². The molecule has 0 saturated carbocycles. The second-order valence-corrected chi connectivity index (χ2v) is 13.0. The minimum atomic E-state index is -6.10. The highest BCUT2D eigenvalue weighted by atomic mass is 35.5. The van der Waals surface area contributed by atoms with E-state index in [1.54, 1.807) is 0 Å². The van der Waals surface area contributed by atoms with Crippen molar-refractivity contribution in [2.75, 3.05) is 44.3 Å². The van der Waals surface area contributed by atoms with Gasteiger partial charge in [-0.1, -0.05) is 11.6 Å². The molecule has 2 N–H and O–H groups in total. The van der Waals surface area contributed by atoms with E-state index in [0.29, 0.717) is 26.1 Å². The van der Waals surface area contributed by atoms with Gasteiger partial charge in [-0.15, -0.1) is 0 Å². The van der Waals surface area contributed by atoms with Crippen LogP contribution in [0, 0.1) is 0 Å². The third-order valence-electron chi connectivity index (χ3n) is 7.99. The normalized spacial score (nSPS) is 26.5. The summed E-state index contributed by atoms with van der Waals surface area (Å²) < 4.78 is 114. The Morgan fingerprint density at radius 3 is 2.09 bits per heavy atom. The number of alkyl halides is 6. The molecule has 3 atom stereocenters. The van der Waals surface area contributed by atoms with Crippen molar-refractivity contribution in [2.24, 2.45) is 0 Å². The molecule has 0 radical (unpaired) electrons. The average molecular weight is 661 g/mol. The van der Waals surface area contributed by atoms with E-state index in [2.05, 4.69) is 19.9 Å². The Morgan fingerprint density at radius 2 is 1.56 bits per heavy atom. The van der Waals surface area contributed by atoms with Crippen LogP contribution in [0.25, 0.3) is 0 Å². The molecule has 0 spiro atoms. The second-order valence-electron chi connectivity index (χ2n) is 10.7. The number of aliphatic hydroxyl groups is 2. The fourth-order valence-corrected chi connectivity index (χ4v) is 7.30. The Labute approximate surface area is 247 Å². The lowest BCUT2D eigenvalue weighted by Crippen LogP contribution is -2.64. The lowest BCUT2D eigenvalue weighted by Gasteiger charge is -2.50. The Balaban J connectivity index is 1.46. The SMILES string of the molecule is O=S(=O)(c1ccc(Cl)nc1)N1CCN(c2ncc(C(O)(C(F)(F)F)C(F)(F)F)cn2)[C@@H](CN2C3COCC2CC(O)C3)C1. The number of anilines is 1. The molecule has 0 amide bonds. The van der Waals surface area contributed by atoms with E-state index in [0.717, 1.165) is 6.20 Å². The van der Waals surface area contributed by atoms with E-state index in [1.807, 2.05) is 0 Å². The summed E-state index contributed by atoms with van der Waals surface area (Å²) in [6.45, 7) is 0.529. The molecule has 3 aliphatic heterocycles. The van der Waals surface area contributed by atoms with E-state index in [4.69, 9.17) is 16.3 Å². The lowest BCUT2D eigenvalue weighted by atomic mass is 9.91. The summed E-state index contributed by atoms with van der Waals surface area (Å²) >= 11 is 5.80. The quantitative estimate of drug-likeness (QED) is 0.350. The van der Waals surface area contributed by atoms with E-state index < -0.39 is 45.7 Å². The van der Waals surface area contributed by atoms with Gasteiger partial charge in [0.2, 0.25) is 16.0 Å². The summed E-state index contributed by atoms with van der Waals surface area (Å²) in [6.07, 6.45) is -10.3. The van der Waals surface area contributed by atoms with Crippen LogP contribution in [0.4, 0.5) is 32.3 Å². The first-order chi connectivity index (χ1) is 20.0. The summed E-state index contributed by atoms with van der Waals surface area (Å²) in [7, 11) is -4.07. The number of pyridine rings is 1. The first-order valence-electron chi connectivity index (χ1n) is 13.1. The maximum absolute atomic E-state index is 13.4. The molecule has 5 heterocycles. The molecule has 19 heteroatoms. The third kappa shape index (κ3) is 6.02. The zero-order valence-corrected chi connectivity index (χ0v) is 23.8.